The van der Waals surface area contributed by atoms with Gasteiger partial charge in [-0.3, -0.25) is 0 Å². The number of hydrogen-bond acceptors (Lipinski definition) is 1. The van der Waals surface area contributed by atoms with Gasteiger partial charge in [0.15, 0.2) is 0 Å². The van der Waals surface area contributed by atoms with Crippen LogP contribution in [-0.4, -0.2) is 0 Å². The topological polar surface area (TPSA) is 0 Å². The van der Waals surface area contributed by atoms with Gasteiger partial charge in [0.1, 0.15) is 0 Å². The Morgan fingerprint density at radius 2 is 1.20 bits per heavy atom. The molecule has 1 heteroatoms. The predicted molar refractivity (Wildman–Crippen MR) is 66.4 cm³/mol. The lowest BCUT2D eigenvalue weighted by Gasteiger charge is -1.90. The number of fused-ring (bicyclic) bond motifs is 1. The molecule has 0 bridgehead atoms. The van der Waals surface area contributed by atoms with E-state index in [1.165, 1.54) is 22.3 Å². The fourth-order valence-corrected chi connectivity index (χ4v) is 2.45. The third kappa shape index (κ3) is 1.55. The molecule has 0 saturated carbocycles. The third-order valence-corrected chi connectivity index (χ3v) is 3.31. The Kier molecular flexibility index (Phi) is 2.04. The fraction of sp³-hybridized carbons (Fsp3) is 0. The largest absolute Gasteiger partial charge is 0.152 e. The molecular weight excluding hydrogens is 200 g/mol. The molecule has 15 heavy (non-hydrogen) atoms. The lowest BCUT2D eigenvalue weighted by Crippen LogP contribution is -1.64. The summed E-state index contributed by atoms with van der Waals surface area (Å²) in [6.45, 7) is 0. The van der Waals surface area contributed by atoms with E-state index in [2.05, 4.69) is 59.3 Å². The number of hydrogen-bond donors (Lipinski definition) is 0. The van der Waals surface area contributed by atoms with Crippen molar-refractivity contribution in [2.24, 2.45) is 0 Å². The Hall–Kier alpha value is -1.60. The molecule has 0 N–H and O–H groups in total. The van der Waals surface area contributed by atoms with E-state index < -0.39 is 0 Å². The van der Waals surface area contributed by atoms with E-state index in [-0.39, 0.29) is 0 Å². The summed E-state index contributed by atoms with van der Waals surface area (Å²) in [5, 5.41) is 4.29. The molecule has 1 aromatic heterocycles. The molecule has 0 nitrogen and oxygen atoms in total. The maximum atomic E-state index is 2.18. The smallest absolute Gasteiger partial charge is 0.00147 e. The summed E-state index contributed by atoms with van der Waals surface area (Å²) >= 11 is 1.74. The quantitative estimate of drug-likeness (QED) is 0.554. The van der Waals surface area contributed by atoms with Crippen LogP contribution in [0.4, 0.5) is 0 Å². The first-order valence-corrected chi connectivity index (χ1v) is 5.89. The summed E-state index contributed by atoms with van der Waals surface area (Å²) in [4.78, 5) is 0. The molecule has 0 spiro atoms. The third-order valence-electron chi connectivity index (χ3n) is 2.62. The van der Waals surface area contributed by atoms with E-state index in [0.717, 1.165) is 0 Å². The van der Waals surface area contributed by atoms with Crippen molar-refractivity contribution in [1.29, 1.82) is 0 Å². The van der Waals surface area contributed by atoms with Crippen LogP contribution < -0.4 is 0 Å². The SMILES string of the molecule is c1cc2ccc(-c3ccsc3)ccc-2c1. The van der Waals surface area contributed by atoms with Gasteiger partial charge >= 0.3 is 0 Å². The summed E-state index contributed by atoms with van der Waals surface area (Å²) in [5.41, 5.74) is 5.19. The van der Waals surface area contributed by atoms with Gasteiger partial charge < -0.3 is 0 Å². The average molecular weight is 210 g/mol. The molecule has 0 fully saturated rings. The molecular formula is C14H10S. The van der Waals surface area contributed by atoms with E-state index in [0.29, 0.717) is 0 Å². The Bertz CT molecular complexity index is 506. The lowest BCUT2D eigenvalue weighted by atomic mass is 10.1. The van der Waals surface area contributed by atoms with Crippen LogP contribution in [-0.2, 0) is 0 Å². The minimum absolute atomic E-state index is 1.28. The highest BCUT2D eigenvalue weighted by Gasteiger charge is 2.00. The van der Waals surface area contributed by atoms with Gasteiger partial charge in [0.2, 0.25) is 0 Å². The molecule has 0 unspecified atom stereocenters. The Morgan fingerprint density at radius 1 is 0.600 bits per heavy atom. The first-order valence-electron chi connectivity index (χ1n) is 4.95. The summed E-state index contributed by atoms with van der Waals surface area (Å²) in [7, 11) is 0. The van der Waals surface area contributed by atoms with Crippen molar-refractivity contribution in [2.75, 3.05) is 0 Å². The van der Waals surface area contributed by atoms with E-state index in [4.69, 9.17) is 0 Å². The fourth-order valence-electron chi connectivity index (χ4n) is 1.79. The lowest BCUT2D eigenvalue weighted by molar-refractivity contribution is 1.77. The molecule has 0 atom stereocenters. The second kappa shape index (κ2) is 3.52. The number of thiophene rings is 1. The van der Waals surface area contributed by atoms with E-state index in [9.17, 15) is 0 Å². The molecule has 2 aliphatic carbocycles. The zero-order chi connectivity index (χ0) is 10.1. The summed E-state index contributed by atoms with van der Waals surface area (Å²) in [6.07, 6.45) is 0. The maximum Gasteiger partial charge on any atom is -0.00147 e. The van der Waals surface area contributed by atoms with Gasteiger partial charge in [-0.2, -0.15) is 11.3 Å². The standard InChI is InChI=1S/C14H10S/c1-2-11-4-6-13(7-5-12(11)3-1)14-8-9-15-10-14/h1-10H. The minimum atomic E-state index is 1.28. The van der Waals surface area contributed by atoms with E-state index >= 15 is 0 Å². The first-order chi connectivity index (χ1) is 7.43. The van der Waals surface area contributed by atoms with Crippen LogP contribution in [0, 0.1) is 0 Å². The zero-order valence-corrected chi connectivity index (χ0v) is 9.00. The van der Waals surface area contributed by atoms with Crippen LogP contribution in [0.25, 0.3) is 22.3 Å². The molecule has 1 aromatic rings. The first kappa shape index (κ1) is 8.69. The molecule has 0 amide bonds. The molecule has 2 aliphatic rings. The zero-order valence-electron chi connectivity index (χ0n) is 8.18. The van der Waals surface area contributed by atoms with Crippen LogP contribution >= 0.6 is 11.3 Å². The molecule has 72 valence electrons. The number of rotatable bonds is 1. The monoisotopic (exact) mass is 210 g/mol. The van der Waals surface area contributed by atoms with Crippen molar-refractivity contribution in [3.63, 3.8) is 0 Å². The van der Waals surface area contributed by atoms with Gasteiger partial charge in [-0.05, 0) is 39.1 Å². The van der Waals surface area contributed by atoms with Gasteiger partial charge in [-0.25, -0.2) is 0 Å². The van der Waals surface area contributed by atoms with Crippen molar-refractivity contribution in [3.05, 3.63) is 59.3 Å². The normalized spacial score (nSPS) is 10.7. The van der Waals surface area contributed by atoms with Gasteiger partial charge in [0.25, 0.3) is 0 Å². The van der Waals surface area contributed by atoms with Crippen LogP contribution in [0.1, 0.15) is 0 Å². The van der Waals surface area contributed by atoms with Crippen molar-refractivity contribution < 1.29 is 0 Å². The van der Waals surface area contributed by atoms with Crippen LogP contribution in [0.3, 0.4) is 0 Å². The van der Waals surface area contributed by atoms with Gasteiger partial charge in [-0.1, -0.05) is 42.5 Å². The summed E-state index contributed by atoms with van der Waals surface area (Å²) < 4.78 is 0. The highest BCUT2D eigenvalue weighted by atomic mass is 32.1. The highest BCUT2D eigenvalue weighted by molar-refractivity contribution is 7.08. The minimum Gasteiger partial charge on any atom is -0.152 e. The summed E-state index contributed by atoms with van der Waals surface area (Å²) in [6, 6.07) is 17.3. The van der Waals surface area contributed by atoms with Crippen LogP contribution in [0.15, 0.2) is 59.3 Å². The molecule has 0 radical (unpaired) electrons. The maximum absolute atomic E-state index is 2.18. The Balaban J connectivity index is 2.18. The average Bonchev–Trinajstić information content (AvgIpc) is 2.88. The second-order valence-electron chi connectivity index (χ2n) is 3.57. The van der Waals surface area contributed by atoms with E-state index in [1.807, 2.05) is 0 Å². The van der Waals surface area contributed by atoms with Gasteiger partial charge in [0.05, 0.1) is 0 Å². The second-order valence-corrected chi connectivity index (χ2v) is 4.35. The van der Waals surface area contributed by atoms with Crippen LogP contribution in [0.2, 0.25) is 0 Å². The van der Waals surface area contributed by atoms with Crippen molar-refractivity contribution in [2.45, 2.75) is 0 Å². The van der Waals surface area contributed by atoms with Crippen molar-refractivity contribution in [3.8, 4) is 22.3 Å². The molecule has 0 aliphatic heterocycles. The molecule has 0 saturated heterocycles. The molecule has 1 heterocycles. The Morgan fingerprint density at radius 3 is 1.73 bits per heavy atom. The highest BCUT2D eigenvalue weighted by Crippen LogP contribution is 2.26. The van der Waals surface area contributed by atoms with Gasteiger partial charge in [0, 0.05) is 0 Å². The molecule has 0 aromatic carbocycles. The predicted octanol–water partition coefficient (Wildman–Crippen LogP) is 4.52. The molecule has 3 rings (SSSR count). The van der Waals surface area contributed by atoms with Gasteiger partial charge in [-0.15, -0.1) is 0 Å². The van der Waals surface area contributed by atoms with Crippen LogP contribution in [0.5, 0.6) is 0 Å². The van der Waals surface area contributed by atoms with Crippen molar-refractivity contribution in [1.82, 2.24) is 0 Å². The van der Waals surface area contributed by atoms with Crippen molar-refractivity contribution >= 4 is 11.3 Å². The van der Waals surface area contributed by atoms with E-state index in [1.54, 1.807) is 11.3 Å². The summed E-state index contributed by atoms with van der Waals surface area (Å²) in [5.74, 6) is 0. The Labute approximate surface area is 93.2 Å².